The van der Waals surface area contributed by atoms with Crippen molar-refractivity contribution in [3.05, 3.63) is 41.2 Å². The van der Waals surface area contributed by atoms with Gasteiger partial charge < -0.3 is 0 Å². The summed E-state index contributed by atoms with van der Waals surface area (Å²) in [6, 6.07) is 3.45. The van der Waals surface area contributed by atoms with Gasteiger partial charge in [0.15, 0.2) is 5.78 Å². The maximum absolute atomic E-state index is 12.8. The molecule has 1 aliphatic rings. The predicted molar refractivity (Wildman–Crippen MR) is 39.8 cm³/mol. The number of carbonyl (C=O) groups is 1. The number of allylic oxidation sites excluding steroid dienone is 1. The molecule has 0 fully saturated rings. The first-order valence-electron chi connectivity index (χ1n) is 3.40. The van der Waals surface area contributed by atoms with Crippen molar-refractivity contribution >= 4 is 11.6 Å². The maximum Gasteiger partial charge on any atom is 0.189 e. The summed E-state index contributed by atoms with van der Waals surface area (Å²) in [4.78, 5) is 10.9. The predicted octanol–water partition coefficient (Wildman–Crippen LogP) is 2.33. The molecule has 3 heteroatoms. The van der Waals surface area contributed by atoms with Crippen LogP contribution >= 0.6 is 0 Å². The van der Waals surface area contributed by atoms with Gasteiger partial charge in [-0.3, -0.25) is 4.79 Å². The minimum atomic E-state index is -0.658. The van der Waals surface area contributed by atoms with Crippen LogP contribution < -0.4 is 0 Å². The molecule has 2 rings (SSSR count). The fraction of sp³-hybridized carbons (Fsp3) is 0. The van der Waals surface area contributed by atoms with Gasteiger partial charge in [-0.2, -0.15) is 0 Å². The number of rotatable bonds is 0. The molecule has 0 aliphatic heterocycles. The standard InChI is InChI=1S/C9H4F2O/c10-5-1-2-6-7(3-5)8(11)4-9(6)12/h1-4H. The topological polar surface area (TPSA) is 17.1 Å². The zero-order valence-corrected chi connectivity index (χ0v) is 5.97. The summed E-state index contributed by atoms with van der Waals surface area (Å²) in [6.07, 6.45) is 0.865. The lowest BCUT2D eigenvalue weighted by molar-refractivity contribution is 0.105. The number of hydrogen-bond acceptors (Lipinski definition) is 1. The van der Waals surface area contributed by atoms with Gasteiger partial charge in [-0.15, -0.1) is 0 Å². The number of hydrogen-bond donors (Lipinski definition) is 0. The highest BCUT2D eigenvalue weighted by molar-refractivity contribution is 6.15. The smallest absolute Gasteiger partial charge is 0.189 e. The van der Waals surface area contributed by atoms with E-state index in [0.29, 0.717) is 0 Å². The lowest BCUT2D eigenvalue weighted by atomic mass is 10.1. The number of fused-ring (bicyclic) bond motifs is 1. The fourth-order valence-electron chi connectivity index (χ4n) is 1.20. The molecule has 12 heavy (non-hydrogen) atoms. The largest absolute Gasteiger partial charge is 0.289 e. The third kappa shape index (κ3) is 0.863. The zero-order chi connectivity index (χ0) is 8.72. The second-order valence-corrected chi connectivity index (χ2v) is 2.55. The van der Waals surface area contributed by atoms with E-state index in [1.807, 2.05) is 0 Å². The van der Waals surface area contributed by atoms with Gasteiger partial charge in [0.1, 0.15) is 11.6 Å². The van der Waals surface area contributed by atoms with Gasteiger partial charge in [0.25, 0.3) is 0 Å². The average molecular weight is 166 g/mol. The van der Waals surface area contributed by atoms with E-state index in [9.17, 15) is 13.6 Å². The Labute approximate surface area is 67.3 Å². The van der Waals surface area contributed by atoms with Crippen LogP contribution in [0, 0.1) is 5.82 Å². The Bertz CT molecular complexity index is 394. The molecule has 0 saturated heterocycles. The molecule has 0 radical (unpaired) electrons. The van der Waals surface area contributed by atoms with E-state index >= 15 is 0 Å². The van der Waals surface area contributed by atoms with Gasteiger partial charge >= 0.3 is 0 Å². The van der Waals surface area contributed by atoms with Crippen LogP contribution in [-0.4, -0.2) is 5.78 Å². The summed E-state index contributed by atoms with van der Waals surface area (Å²) in [6.45, 7) is 0. The molecule has 0 saturated carbocycles. The van der Waals surface area contributed by atoms with Gasteiger partial charge in [-0.25, -0.2) is 8.78 Å². The summed E-state index contributed by atoms with van der Waals surface area (Å²) < 4.78 is 25.4. The molecule has 0 unspecified atom stereocenters. The van der Waals surface area contributed by atoms with Gasteiger partial charge in [0.05, 0.1) is 0 Å². The minimum absolute atomic E-state index is 0.0556. The highest BCUT2D eigenvalue weighted by atomic mass is 19.1. The summed E-state index contributed by atoms with van der Waals surface area (Å²) in [7, 11) is 0. The second kappa shape index (κ2) is 2.24. The quantitative estimate of drug-likeness (QED) is 0.578. The lowest BCUT2D eigenvalue weighted by Crippen LogP contribution is -1.91. The van der Waals surface area contributed by atoms with Crippen molar-refractivity contribution in [3.8, 4) is 0 Å². The summed E-state index contributed by atoms with van der Waals surface area (Å²) in [5, 5.41) is 0. The first kappa shape index (κ1) is 7.16. The van der Waals surface area contributed by atoms with Crippen LogP contribution in [0.1, 0.15) is 15.9 Å². The third-order valence-electron chi connectivity index (χ3n) is 1.76. The Morgan fingerprint density at radius 3 is 2.58 bits per heavy atom. The van der Waals surface area contributed by atoms with Gasteiger partial charge in [-0.05, 0) is 18.2 Å². The van der Waals surface area contributed by atoms with Crippen molar-refractivity contribution in [3.63, 3.8) is 0 Å². The van der Waals surface area contributed by atoms with Gasteiger partial charge in [-0.1, -0.05) is 0 Å². The molecule has 0 spiro atoms. The fourth-order valence-corrected chi connectivity index (χ4v) is 1.20. The van der Waals surface area contributed by atoms with E-state index in [0.717, 1.165) is 18.2 Å². The number of benzene rings is 1. The molecule has 1 aromatic carbocycles. The lowest BCUT2D eigenvalue weighted by Gasteiger charge is -1.96. The molecule has 0 N–H and O–H groups in total. The summed E-state index contributed by atoms with van der Waals surface area (Å²) in [5.74, 6) is -1.59. The Hall–Kier alpha value is -1.51. The zero-order valence-electron chi connectivity index (χ0n) is 5.97. The van der Waals surface area contributed by atoms with Crippen LogP contribution in [0.4, 0.5) is 8.78 Å². The molecule has 1 aromatic rings. The molecule has 0 heterocycles. The SMILES string of the molecule is O=C1C=C(F)c2cc(F)ccc21. The van der Waals surface area contributed by atoms with E-state index in [4.69, 9.17) is 0 Å². The average Bonchev–Trinajstić information content (AvgIpc) is 2.28. The molecule has 1 aliphatic carbocycles. The molecule has 1 nitrogen and oxygen atoms in total. The van der Waals surface area contributed by atoms with Crippen molar-refractivity contribution in [1.82, 2.24) is 0 Å². The van der Waals surface area contributed by atoms with Crippen molar-refractivity contribution in [2.24, 2.45) is 0 Å². The summed E-state index contributed by atoms with van der Waals surface area (Å²) >= 11 is 0. The third-order valence-corrected chi connectivity index (χ3v) is 1.76. The molecule has 60 valence electrons. The van der Waals surface area contributed by atoms with Crippen molar-refractivity contribution in [2.45, 2.75) is 0 Å². The monoisotopic (exact) mass is 166 g/mol. The van der Waals surface area contributed by atoms with Crippen LogP contribution in [-0.2, 0) is 0 Å². The first-order chi connectivity index (χ1) is 5.68. The number of carbonyl (C=O) groups excluding carboxylic acids is 1. The first-order valence-corrected chi connectivity index (χ1v) is 3.40. The highest BCUT2D eigenvalue weighted by Crippen LogP contribution is 2.28. The molecule has 0 bridgehead atoms. The van der Waals surface area contributed by atoms with Crippen molar-refractivity contribution < 1.29 is 13.6 Å². The van der Waals surface area contributed by atoms with Crippen LogP contribution in [0.25, 0.3) is 5.83 Å². The Morgan fingerprint density at radius 2 is 1.83 bits per heavy atom. The Morgan fingerprint density at radius 1 is 1.08 bits per heavy atom. The van der Waals surface area contributed by atoms with E-state index in [1.54, 1.807) is 0 Å². The number of halogens is 2. The van der Waals surface area contributed by atoms with E-state index in [-0.39, 0.29) is 11.1 Å². The van der Waals surface area contributed by atoms with Crippen molar-refractivity contribution in [2.75, 3.05) is 0 Å². The van der Waals surface area contributed by atoms with Gasteiger partial charge in [0.2, 0.25) is 0 Å². The molecule has 0 amide bonds. The van der Waals surface area contributed by atoms with Crippen LogP contribution in [0.5, 0.6) is 0 Å². The minimum Gasteiger partial charge on any atom is -0.289 e. The van der Waals surface area contributed by atoms with Crippen LogP contribution in [0.15, 0.2) is 24.3 Å². The van der Waals surface area contributed by atoms with Gasteiger partial charge in [0, 0.05) is 17.2 Å². The van der Waals surface area contributed by atoms with E-state index in [2.05, 4.69) is 0 Å². The number of ketones is 1. The maximum atomic E-state index is 12.8. The molecule has 0 atom stereocenters. The Balaban J connectivity index is 2.69. The Kier molecular flexibility index (Phi) is 1.33. The molecular formula is C9H4F2O. The second-order valence-electron chi connectivity index (χ2n) is 2.55. The van der Waals surface area contributed by atoms with Crippen LogP contribution in [0.3, 0.4) is 0 Å². The van der Waals surface area contributed by atoms with E-state index in [1.165, 1.54) is 6.07 Å². The molecule has 0 aromatic heterocycles. The van der Waals surface area contributed by atoms with Crippen molar-refractivity contribution in [1.29, 1.82) is 0 Å². The highest BCUT2D eigenvalue weighted by Gasteiger charge is 2.21. The van der Waals surface area contributed by atoms with E-state index < -0.39 is 17.4 Å². The normalized spacial score (nSPS) is 14.5. The van der Waals surface area contributed by atoms with Crippen LogP contribution in [0.2, 0.25) is 0 Å². The molecular weight excluding hydrogens is 162 g/mol. The summed E-state index contributed by atoms with van der Waals surface area (Å²) in [5.41, 5.74) is 0.286.